The number of rotatable bonds is 5. The Balaban J connectivity index is 2.45. The van der Waals surface area contributed by atoms with Crippen LogP contribution < -0.4 is 10.6 Å². The van der Waals surface area contributed by atoms with Crippen molar-refractivity contribution in [1.29, 1.82) is 0 Å². The Labute approximate surface area is 114 Å². The van der Waals surface area contributed by atoms with Crippen LogP contribution in [-0.4, -0.2) is 33.6 Å². The van der Waals surface area contributed by atoms with Gasteiger partial charge in [0, 0.05) is 31.3 Å². The summed E-state index contributed by atoms with van der Waals surface area (Å²) in [5, 5.41) is 19.5. The number of carbonyl (C=O) groups is 1. The van der Waals surface area contributed by atoms with E-state index in [4.69, 9.17) is 0 Å². The molecule has 0 unspecified atom stereocenters. The molecule has 0 aliphatic carbocycles. The maximum absolute atomic E-state index is 11.7. The largest absolute Gasteiger partial charge is 0.392 e. The molecule has 1 atom stereocenters. The van der Waals surface area contributed by atoms with Gasteiger partial charge in [-0.1, -0.05) is 27.7 Å². The van der Waals surface area contributed by atoms with E-state index in [-0.39, 0.29) is 17.4 Å². The molecule has 0 saturated carbocycles. The molecule has 0 radical (unpaired) electrons. The van der Waals surface area contributed by atoms with E-state index in [1.54, 1.807) is 24.0 Å². The lowest BCUT2D eigenvalue weighted by atomic mass is 9.81. The van der Waals surface area contributed by atoms with Gasteiger partial charge in [-0.25, -0.2) is 4.79 Å². The number of anilines is 1. The molecule has 0 fully saturated rings. The standard InChI is InChI=1S/C13H24N4O2/c1-9(2)11(18)13(3,4)8-14-12(19)15-10-6-7-17(5)16-10/h6-7,9,11,18H,8H2,1-5H3,(H2,14,15,16,19)/t11-/m0/s1. The Bertz CT molecular complexity index is 426. The summed E-state index contributed by atoms with van der Waals surface area (Å²) in [6, 6.07) is 1.40. The molecule has 1 aromatic heterocycles. The van der Waals surface area contributed by atoms with Crippen LogP contribution in [-0.2, 0) is 7.05 Å². The van der Waals surface area contributed by atoms with Gasteiger partial charge in [-0.15, -0.1) is 0 Å². The number of aliphatic hydroxyl groups is 1. The van der Waals surface area contributed by atoms with E-state index in [1.165, 1.54) is 0 Å². The summed E-state index contributed by atoms with van der Waals surface area (Å²) in [4.78, 5) is 11.7. The van der Waals surface area contributed by atoms with Gasteiger partial charge in [0.1, 0.15) is 0 Å². The van der Waals surface area contributed by atoms with E-state index in [1.807, 2.05) is 27.7 Å². The van der Waals surface area contributed by atoms with Gasteiger partial charge in [0.05, 0.1) is 6.10 Å². The van der Waals surface area contributed by atoms with Crippen molar-refractivity contribution in [1.82, 2.24) is 15.1 Å². The van der Waals surface area contributed by atoms with Gasteiger partial charge in [-0.05, 0) is 5.92 Å². The van der Waals surface area contributed by atoms with Crippen LogP contribution in [0.1, 0.15) is 27.7 Å². The minimum Gasteiger partial charge on any atom is -0.392 e. The average Bonchev–Trinajstić information content (AvgIpc) is 2.71. The van der Waals surface area contributed by atoms with Crippen molar-refractivity contribution >= 4 is 11.8 Å². The molecular formula is C13H24N4O2. The molecule has 0 spiro atoms. The predicted octanol–water partition coefficient (Wildman–Crippen LogP) is 1.58. The molecule has 0 saturated heterocycles. The lowest BCUT2D eigenvalue weighted by Gasteiger charge is -2.33. The second-order valence-corrected chi connectivity index (χ2v) is 5.86. The zero-order chi connectivity index (χ0) is 14.6. The minimum atomic E-state index is -0.470. The van der Waals surface area contributed by atoms with Crippen molar-refractivity contribution < 1.29 is 9.90 Å². The topological polar surface area (TPSA) is 79.2 Å². The fraction of sp³-hybridized carbons (Fsp3) is 0.692. The Morgan fingerprint density at radius 2 is 2.16 bits per heavy atom. The number of nitrogens with zero attached hydrogens (tertiary/aromatic N) is 2. The zero-order valence-corrected chi connectivity index (χ0v) is 12.3. The third-order valence-corrected chi connectivity index (χ3v) is 3.09. The molecule has 108 valence electrons. The monoisotopic (exact) mass is 268 g/mol. The number of carbonyl (C=O) groups excluding carboxylic acids is 1. The van der Waals surface area contributed by atoms with Gasteiger partial charge >= 0.3 is 6.03 Å². The summed E-state index contributed by atoms with van der Waals surface area (Å²) in [6.07, 6.45) is 1.28. The molecule has 1 rings (SSSR count). The van der Waals surface area contributed by atoms with Crippen LogP contribution in [0.4, 0.5) is 10.6 Å². The molecule has 0 bridgehead atoms. The Morgan fingerprint density at radius 3 is 2.63 bits per heavy atom. The Morgan fingerprint density at radius 1 is 1.53 bits per heavy atom. The summed E-state index contributed by atoms with van der Waals surface area (Å²) in [6.45, 7) is 8.17. The molecule has 2 amide bonds. The number of hydrogen-bond acceptors (Lipinski definition) is 3. The van der Waals surface area contributed by atoms with Gasteiger partial charge in [0.2, 0.25) is 0 Å². The highest BCUT2D eigenvalue weighted by atomic mass is 16.3. The van der Waals surface area contributed by atoms with Crippen LogP contribution in [0.15, 0.2) is 12.3 Å². The Kier molecular flexibility index (Phi) is 4.94. The highest BCUT2D eigenvalue weighted by molar-refractivity contribution is 5.88. The maximum atomic E-state index is 11.7. The van der Waals surface area contributed by atoms with Gasteiger partial charge in [0.15, 0.2) is 5.82 Å². The van der Waals surface area contributed by atoms with E-state index in [0.29, 0.717) is 12.4 Å². The third kappa shape index (κ3) is 4.55. The van der Waals surface area contributed by atoms with Crippen LogP contribution in [0.3, 0.4) is 0 Å². The number of aromatic nitrogens is 2. The van der Waals surface area contributed by atoms with Crippen molar-refractivity contribution in [3.63, 3.8) is 0 Å². The molecular weight excluding hydrogens is 244 g/mol. The van der Waals surface area contributed by atoms with E-state index in [0.717, 1.165) is 0 Å². The Hall–Kier alpha value is -1.56. The minimum absolute atomic E-state index is 0.149. The van der Waals surface area contributed by atoms with E-state index in [2.05, 4.69) is 15.7 Å². The predicted molar refractivity (Wildman–Crippen MR) is 74.9 cm³/mol. The number of aliphatic hydroxyl groups excluding tert-OH is 1. The molecule has 0 aliphatic rings. The second kappa shape index (κ2) is 6.06. The maximum Gasteiger partial charge on any atom is 0.320 e. The molecule has 6 heteroatoms. The summed E-state index contributed by atoms with van der Waals surface area (Å²) < 4.78 is 1.61. The highest BCUT2D eigenvalue weighted by Crippen LogP contribution is 2.25. The van der Waals surface area contributed by atoms with Crippen LogP contribution in [0, 0.1) is 11.3 Å². The van der Waals surface area contributed by atoms with Crippen molar-refractivity contribution in [3.8, 4) is 0 Å². The van der Waals surface area contributed by atoms with E-state index in [9.17, 15) is 9.90 Å². The van der Waals surface area contributed by atoms with Gasteiger partial charge in [0.25, 0.3) is 0 Å². The van der Waals surface area contributed by atoms with Crippen LogP contribution in [0.2, 0.25) is 0 Å². The molecule has 0 aliphatic heterocycles. The zero-order valence-electron chi connectivity index (χ0n) is 12.3. The second-order valence-electron chi connectivity index (χ2n) is 5.86. The van der Waals surface area contributed by atoms with Crippen LogP contribution >= 0.6 is 0 Å². The molecule has 1 heterocycles. The van der Waals surface area contributed by atoms with Gasteiger partial charge in [-0.3, -0.25) is 10.00 Å². The summed E-state index contributed by atoms with van der Waals surface area (Å²) in [5.41, 5.74) is -0.379. The van der Waals surface area contributed by atoms with Gasteiger partial charge < -0.3 is 10.4 Å². The smallest absolute Gasteiger partial charge is 0.320 e. The van der Waals surface area contributed by atoms with Crippen molar-refractivity contribution in [2.24, 2.45) is 18.4 Å². The molecule has 3 N–H and O–H groups in total. The lowest BCUT2D eigenvalue weighted by Crippen LogP contribution is -2.44. The number of hydrogen-bond donors (Lipinski definition) is 3. The number of nitrogens with one attached hydrogen (secondary N) is 2. The number of urea groups is 1. The highest BCUT2D eigenvalue weighted by Gasteiger charge is 2.30. The van der Waals surface area contributed by atoms with Gasteiger partial charge in [-0.2, -0.15) is 5.10 Å². The summed E-state index contributed by atoms with van der Waals surface area (Å²) in [7, 11) is 1.78. The number of aryl methyl sites for hydroxylation is 1. The van der Waals surface area contributed by atoms with Crippen molar-refractivity contribution in [3.05, 3.63) is 12.3 Å². The fourth-order valence-corrected chi connectivity index (χ4v) is 1.96. The average molecular weight is 268 g/mol. The van der Waals surface area contributed by atoms with Crippen LogP contribution in [0.25, 0.3) is 0 Å². The first-order valence-electron chi connectivity index (χ1n) is 6.45. The summed E-state index contributed by atoms with van der Waals surface area (Å²) in [5.74, 6) is 0.651. The van der Waals surface area contributed by atoms with E-state index >= 15 is 0 Å². The number of amides is 2. The first-order chi connectivity index (χ1) is 8.72. The van der Waals surface area contributed by atoms with E-state index < -0.39 is 6.10 Å². The molecule has 6 nitrogen and oxygen atoms in total. The third-order valence-electron chi connectivity index (χ3n) is 3.09. The summed E-state index contributed by atoms with van der Waals surface area (Å²) >= 11 is 0. The SMILES string of the molecule is CC(C)[C@H](O)C(C)(C)CNC(=O)Nc1ccn(C)n1. The lowest BCUT2D eigenvalue weighted by molar-refractivity contribution is 0.0154. The normalized spacial score (nSPS) is 13.4. The molecule has 1 aromatic rings. The first-order valence-corrected chi connectivity index (χ1v) is 6.45. The van der Waals surface area contributed by atoms with Crippen molar-refractivity contribution in [2.75, 3.05) is 11.9 Å². The van der Waals surface area contributed by atoms with Crippen molar-refractivity contribution in [2.45, 2.75) is 33.8 Å². The molecule has 0 aromatic carbocycles. The molecule has 19 heavy (non-hydrogen) atoms. The first kappa shape index (κ1) is 15.5. The van der Waals surface area contributed by atoms with Crippen LogP contribution in [0.5, 0.6) is 0 Å². The fourth-order valence-electron chi connectivity index (χ4n) is 1.96. The quantitative estimate of drug-likeness (QED) is 0.758.